The predicted octanol–water partition coefficient (Wildman–Crippen LogP) is 4.14. The number of hydrogen-bond acceptors (Lipinski definition) is 6. The summed E-state index contributed by atoms with van der Waals surface area (Å²) in [7, 11) is 3.24. The molecular weight excluding hydrogens is 418 g/mol. The summed E-state index contributed by atoms with van der Waals surface area (Å²) in [5.41, 5.74) is 8.63. The summed E-state index contributed by atoms with van der Waals surface area (Å²) in [5.74, 6) is 2.24. The molecule has 0 fully saturated rings. The van der Waals surface area contributed by atoms with Gasteiger partial charge in [-0.15, -0.1) is 0 Å². The van der Waals surface area contributed by atoms with Crippen LogP contribution in [0, 0.1) is 5.41 Å². The van der Waals surface area contributed by atoms with Crippen LogP contribution in [0.15, 0.2) is 30.3 Å². The number of ether oxygens (including phenoxy) is 3. The maximum absolute atomic E-state index is 13.4. The Balaban J connectivity index is 1.86. The first-order valence-electron chi connectivity index (χ1n) is 11.3. The molecule has 0 radical (unpaired) electrons. The van der Waals surface area contributed by atoms with E-state index in [2.05, 4.69) is 20.8 Å². The fourth-order valence-electron chi connectivity index (χ4n) is 3.98. The lowest BCUT2D eigenvalue weighted by Gasteiger charge is -2.25. The van der Waals surface area contributed by atoms with E-state index in [1.54, 1.807) is 25.2 Å². The monoisotopic (exact) mass is 453 g/mol. The van der Waals surface area contributed by atoms with E-state index in [-0.39, 0.29) is 17.7 Å². The van der Waals surface area contributed by atoms with Crippen LogP contribution in [0.5, 0.6) is 17.2 Å². The average molecular weight is 454 g/mol. The number of carbonyl (C=O) groups excluding carboxylic acids is 1. The van der Waals surface area contributed by atoms with Gasteiger partial charge in [0.15, 0.2) is 17.3 Å². The zero-order chi connectivity index (χ0) is 24.2. The SMILES string of the molecule is COc1ccc2c(c1)CN(CC(=O)c1cc(OCCCCN)c(OC)c(C(C)(C)C)c1)C2=N. The van der Waals surface area contributed by atoms with Gasteiger partial charge in [-0.05, 0) is 60.7 Å². The number of fused-ring (bicyclic) bond motifs is 1. The summed E-state index contributed by atoms with van der Waals surface area (Å²) in [6.45, 7) is 7.97. The molecule has 0 saturated carbocycles. The van der Waals surface area contributed by atoms with Crippen LogP contribution in [0.1, 0.15) is 60.7 Å². The van der Waals surface area contributed by atoms with Crippen LogP contribution in [0.4, 0.5) is 0 Å². The zero-order valence-corrected chi connectivity index (χ0v) is 20.3. The minimum Gasteiger partial charge on any atom is -0.497 e. The number of nitrogens with two attached hydrogens (primary N) is 1. The molecule has 3 rings (SSSR count). The van der Waals surface area contributed by atoms with Gasteiger partial charge < -0.3 is 24.8 Å². The first-order chi connectivity index (χ1) is 15.7. The standard InChI is InChI=1S/C26H35N3O4/c1-26(2,3)21-13-17(14-23(24(21)32-5)33-11-7-6-10-27)22(30)16-29-15-18-12-19(31-4)8-9-20(18)25(29)28/h8-9,12-14,28H,6-7,10-11,15-16,27H2,1-5H3. The molecule has 7 nitrogen and oxygen atoms in total. The second-order valence-electron chi connectivity index (χ2n) is 9.30. The Labute approximate surface area is 196 Å². The van der Waals surface area contributed by atoms with E-state index >= 15 is 0 Å². The lowest BCUT2D eigenvalue weighted by Crippen LogP contribution is -2.30. The lowest BCUT2D eigenvalue weighted by atomic mass is 9.84. The van der Waals surface area contributed by atoms with Crippen LogP contribution in [0.2, 0.25) is 0 Å². The highest BCUT2D eigenvalue weighted by atomic mass is 16.5. The number of unbranched alkanes of at least 4 members (excludes halogenated alkanes) is 1. The molecular formula is C26H35N3O4. The van der Waals surface area contributed by atoms with Crippen molar-refractivity contribution in [3.63, 3.8) is 0 Å². The number of nitrogens with zero attached hydrogens (tertiary/aromatic N) is 1. The van der Waals surface area contributed by atoms with Crippen LogP contribution < -0.4 is 19.9 Å². The second-order valence-corrected chi connectivity index (χ2v) is 9.30. The van der Waals surface area contributed by atoms with Gasteiger partial charge in [0.1, 0.15) is 11.6 Å². The summed E-state index contributed by atoms with van der Waals surface area (Å²) in [6, 6.07) is 9.29. The van der Waals surface area contributed by atoms with Crippen molar-refractivity contribution in [1.82, 2.24) is 4.90 Å². The fraction of sp³-hybridized carbons (Fsp3) is 0.462. The number of amidine groups is 1. The molecule has 0 aromatic heterocycles. The van der Waals surface area contributed by atoms with Gasteiger partial charge in [-0.3, -0.25) is 10.2 Å². The first-order valence-corrected chi connectivity index (χ1v) is 11.3. The molecule has 0 bridgehead atoms. The number of rotatable bonds is 10. The minimum absolute atomic E-state index is 0.0699. The molecule has 0 spiro atoms. The maximum atomic E-state index is 13.4. The van der Waals surface area contributed by atoms with Crippen LogP contribution in [0.3, 0.4) is 0 Å². The number of nitrogens with one attached hydrogen (secondary N) is 1. The largest absolute Gasteiger partial charge is 0.497 e. The van der Waals surface area contributed by atoms with E-state index in [0.717, 1.165) is 35.3 Å². The van der Waals surface area contributed by atoms with E-state index in [4.69, 9.17) is 25.4 Å². The number of Topliss-reactive ketones (excluding diaryl/α,β-unsaturated/α-hetero) is 1. The second kappa shape index (κ2) is 10.3. The van der Waals surface area contributed by atoms with Gasteiger partial charge in [0.2, 0.25) is 0 Å². The number of methoxy groups -OCH3 is 2. The van der Waals surface area contributed by atoms with Crippen LogP contribution in [0.25, 0.3) is 0 Å². The summed E-state index contributed by atoms with van der Waals surface area (Å²) in [5, 5.41) is 8.53. The summed E-state index contributed by atoms with van der Waals surface area (Å²) < 4.78 is 17.0. The van der Waals surface area contributed by atoms with Crippen molar-refractivity contribution < 1.29 is 19.0 Å². The Morgan fingerprint density at radius 3 is 2.52 bits per heavy atom. The van der Waals surface area contributed by atoms with Crippen LogP contribution >= 0.6 is 0 Å². The molecule has 3 N–H and O–H groups in total. The summed E-state index contributed by atoms with van der Waals surface area (Å²) in [4.78, 5) is 15.1. The molecule has 1 heterocycles. The van der Waals surface area contributed by atoms with Gasteiger partial charge in [-0.1, -0.05) is 20.8 Å². The molecule has 33 heavy (non-hydrogen) atoms. The van der Waals surface area contributed by atoms with Crippen molar-refractivity contribution in [3.8, 4) is 17.2 Å². The van der Waals surface area contributed by atoms with E-state index in [1.807, 2.05) is 24.3 Å². The first kappa shape index (κ1) is 24.6. The van der Waals surface area contributed by atoms with Gasteiger partial charge in [0.25, 0.3) is 0 Å². The smallest absolute Gasteiger partial charge is 0.182 e. The molecule has 2 aromatic carbocycles. The average Bonchev–Trinajstić information content (AvgIpc) is 3.09. The Morgan fingerprint density at radius 1 is 1.12 bits per heavy atom. The highest BCUT2D eigenvalue weighted by Crippen LogP contribution is 2.40. The fourth-order valence-corrected chi connectivity index (χ4v) is 3.98. The lowest BCUT2D eigenvalue weighted by molar-refractivity contribution is 0.0962. The zero-order valence-electron chi connectivity index (χ0n) is 20.3. The van der Waals surface area contributed by atoms with E-state index in [0.29, 0.717) is 42.6 Å². The quantitative estimate of drug-likeness (QED) is 0.414. The van der Waals surface area contributed by atoms with Gasteiger partial charge in [-0.25, -0.2) is 0 Å². The number of benzene rings is 2. The number of ketones is 1. The molecule has 0 unspecified atom stereocenters. The van der Waals surface area contributed by atoms with Crippen molar-refractivity contribution in [1.29, 1.82) is 5.41 Å². The van der Waals surface area contributed by atoms with Crippen LogP contribution in [-0.2, 0) is 12.0 Å². The number of carbonyl (C=O) groups is 1. The highest BCUT2D eigenvalue weighted by Gasteiger charge is 2.29. The molecule has 0 atom stereocenters. The molecule has 7 heteroatoms. The normalized spacial score (nSPS) is 13.2. The topological polar surface area (TPSA) is 97.9 Å². The number of hydrogen-bond donors (Lipinski definition) is 2. The predicted molar refractivity (Wildman–Crippen MR) is 130 cm³/mol. The van der Waals surface area contributed by atoms with E-state index in [9.17, 15) is 4.79 Å². The third-order valence-corrected chi connectivity index (χ3v) is 5.82. The Hall–Kier alpha value is -3.06. The van der Waals surface area contributed by atoms with Crippen molar-refractivity contribution in [2.75, 3.05) is 33.9 Å². The van der Waals surface area contributed by atoms with Gasteiger partial charge in [0, 0.05) is 23.2 Å². The minimum atomic E-state index is -0.246. The third kappa shape index (κ3) is 5.47. The van der Waals surface area contributed by atoms with Crippen LogP contribution in [-0.4, -0.2) is 50.4 Å². The maximum Gasteiger partial charge on any atom is 0.182 e. The van der Waals surface area contributed by atoms with Gasteiger partial charge >= 0.3 is 0 Å². The molecule has 2 aromatic rings. The summed E-state index contributed by atoms with van der Waals surface area (Å²) in [6.07, 6.45) is 1.70. The van der Waals surface area contributed by atoms with Gasteiger partial charge in [0.05, 0.1) is 27.4 Å². The molecule has 0 saturated heterocycles. The van der Waals surface area contributed by atoms with E-state index in [1.165, 1.54) is 0 Å². The Morgan fingerprint density at radius 2 is 1.88 bits per heavy atom. The Kier molecular flexibility index (Phi) is 7.64. The molecule has 0 amide bonds. The van der Waals surface area contributed by atoms with Crippen molar-refractivity contribution in [2.24, 2.45) is 5.73 Å². The third-order valence-electron chi connectivity index (χ3n) is 5.82. The highest BCUT2D eigenvalue weighted by molar-refractivity contribution is 6.05. The van der Waals surface area contributed by atoms with Gasteiger partial charge in [-0.2, -0.15) is 0 Å². The summed E-state index contributed by atoms with van der Waals surface area (Å²) >= 11 is 0. The van der Waals surface area contributed by atoms with E-state index < -0.39 is 0 Å². The van der Waals surface area contributed by atoms with Crippen molar-refractivity contribution in [3.05, 3.63) is 52.6 Å². The van der Waals surface area contributed by atoms with Crippen molar-refractivity contribution >= 4 is 11.6 Å². The molecule has 178 valence electrons. The molecule has 1 aliphatic rings. The Bertz CT molecular complexity index is 1030. The van der Waals surface area contributed by atoms with Crippen molar-refractivity contribution in [2.45, 2.75) is 45.6 Å². The molecule has 0 aliphatic carbocycles. The molecule has 1 aliphatic heterocycles.